The molecule has 0 unspecified atom stereocenters. The van der Waals surface area contributed by atoms with Gasteiger partial charge in [0.15, 0.2) is 0 Å². The van der Waals surface area contributed by atoms with Crippen LogP contribution in [0.2, 0.25) is 5.02 Å². The maximum atomic E-state index is 12.3. The average molecular weight is 346 g/mol. The Hall–Kier alpha value is -0.920. The molecule has 21 heavy (non-hydrogen) atoms. The van der Waals surface area contributed by atoms with Crippen molar-refractivity contribution in [2.24, 2.45) is 0 Å². The summed E-state index contributed by atoms with van der Waals surface area (Å²) >= 11 is 7.40. The Morgan fingerprint density at radius 2 is 2.05 bits per heavy atom. The molecule has 0 spiro atoms. The number of nitrogens with one attached hydrogen (secondary N) is 1. The third kappa shape index (κ3) is 3.84. The number of hydrogen-bond acceptors (Lipinski definition) is 4. The molecule has 1 aromatic carbocycles. The number of aliphatic hydroxyl groups is 1. The highest BCUT2D eigenvalue weighted by atomic mass is 35.5. The summed E-state index contributed by atoms with van der Waals surface area (Å²) in [6.07, 6.45) is 0.871. The fourth-order valence-corrected chi connectivity index (χ4v) is 4.15. The van der Waals surface area contributed by atoms with Crippen LogP contribution in [0.3, 0.4) is 0 Å². The van der Waals surface area contributed by atoms with Gasteiger partial charge in [0.25, 0.3) is 0 Å². The normalized spacial score (nSPS) is 11.8. The first kappa shape index (κ1) is 16.5. The van der Waals surface area contributed by atoms with Gasteiger partial charge in [-0.15, -0.1) is 11.3 Å². The maximum Gasteiger partial charge on any atom is 0.240 e. The van der Waals surface area contributed by atoms with Crippen LogP contribution in [0.5, 0.6) is 0 Å². The van der Waals surface area contributed by atoms with E-state index in [1.807, 2.05) is 18.4 Å². The van der Waals surface area contributed by atoms with Crippen LogP contribution in [0.25, 0.3) is 0 Å². The lowest BCUT2D eigenvalue weighted by molar-refractivity contribution is 0.281. The van der Waals surface area contributed by atoms with Gasteiger partial charge in [-0.05, 0) is 47.2 Å². The molecule has 2 rings (SSSR count). The van der Waals surface area contributed by atoms with Crippen molar-refractivity contribution in [3.63, 3.8) is 0 Å². The lowest BCUT2D eigenvalue weighted by Gasteiger charge is -2.09. The van der Waals surface area contributed by atoms with E-state index < -0.39 is 10.0 Å². The summed E-state index contributed by atoms with van der Waals surface area (Å²) in [5.74, 6) is 0. The molecular weight excluding hydrogens is 330 g/mol. The fraction of sp³-hybridized carbons (Fsp3) is 0.286. The van der Waals surface area contributed by atoms with E-state index in [1.54, 1.807) is 0 Å². The van der Waals surface area contributed by atoms with Gasteiger partial charge in [-0.25, -0.2) is 13.1 Å². The smallest absolute Gasteiger partial charge is 0.240 e. The summed E-state index contributed by atoms with van der Waals surface area (Å²) in [6.45, 7) is 2.00. The van der Waals surface area contributed by atoms with Crippen LogP contribution in [0, 0.1) is 0 Å². The molecule has 7 heteroatoms. The van der Waals surface area contributed by atoms with Gasteiger partial charge in [0.05, 0.1) is 11.5 Å². The number of hydrogen-bond donors (Lipinski definition) is 2. The molecular formula is C14H16ClNO3S2. The Morgan fingerprint density at radius 3 is 2.71 bits per heavy atom. The molecule has 0 saturated heterocycles. The van der Waals surface area contributed by atoms with Crippen molar-refractivity contribution in [1.82, 2.24) is 4.72 Å². The van der Waals surface area contributed by atoms with Crippen molar-refractivity contribution < 1.29 is 13.5 Å². The van der Waals surface area contributed by atoms with E-state index in [4.69, 9.17) is 16.7 Å². The van der Waals surface area contributed by atoms with E-state index in [2.05, 4.69) is 4.72 Å². The minimum absolute atomic E-state index is 0.102. The minimum atomic E-state index is -3.62. The van der Waals surface area contributed by atoms with Crippen molar-refractivity contribution in [2.45, 2.75) is 31.4 Å². The van der Waals surface area contributed by atoms with Crippen LogP contribution in [-0.2, 0) is 29.6 Å². The summed E-state index contributed by atoms with van der Waals surface area (Å²) in [5, 5.41) is 11.5. The van der Waals surface area contributed by atoms with E-state index >= 15 is 0 Å². The number of sulfonamides is 1. The van der Waals surface area contributed by atoms with Gasteiger partial charge in [0.2, 0.25) is 10.0 Å². The highest BCUT2D eigenvalue weighted by Gasteiger charge is 2.16. The van der Waals surface area contributed by atoms with Crippen molar-refractivity contribution in [3.8, 4) is 0 Å². The fourth-order valence-electron chi connectivity index (χ4n) is 1.92. The summed E-state index contributed by atoms with van der Waals surface area (Å²) in [5.41, 5.74) is 1.54. The molecule has 0 fully saturated rings. The Kier molecular flexibility index (Phi) is 5.40. The second kappa shape index (κ2) is 6.89. The van der Waals surface area contributed by atoms with Gasteiger partial charge < -0.3 is 5.11 Å². The summed E-state index contributed by atoms with van der Waals surface area (Å²) in [6, 6.07) is 6.30. The molecule has 0 bridgehead atoms. The number of aryl methyl sites for hydroxylation is 1. The van der Waals surface area contributed by atoms with Crippen LogP contribution in [0.1, 0.15) is 22.9 Å². The van der Waals surface area contributed by atoms with Gasteiger partial charge >= 0.3 is 0 Å². The van der Waals surface area contributed by atoms with Crippen molar-refractivity contribution in [1.29, 1.82) is 0 Å². The van der Waals surface area contributed by atoms with Gasteiger partial charge in [-0.1, -0.05) is 18.5 Å². The standard InChI is InChI=1S/C14H16ClNO3S2/c1-2-10-5-6-20-14(10)8-16-21(18,19)12-3-4-13(15)11(7-12)9-17/h3-7,16-17H,2,8-9H2,1H3. The molecule has 0 aliphatic rings. The molecule has 0 amide bonds. The first-order valence-corrected chi connectivity index (χ1v) is 9.16. The van der Waals surface area contributed by atoms with Crippen LogP contribution in [0.15, 0.2) is 34.5 Å². The largest absolute Gasteiger partial charge is 0.392 e. The second-order valence-electron chi connectivity index (χ2n) is 4.46. The molecule has 0 saturated carbocycles. The second-order valence-corrected chi connectivity index (χ2v) is 7.63. The zero-order valence-electron chi connectivity index (χ0n) is 11.5. The summed E-state index contributed by atoms with van der Waals surface area (Å²) in [7, 11) is -3.62. The van der Waals surface area contributed by atoms with E-state index in [-0.39, 0.29) is 18.0 Å². The molecule has 0 radical (unpaired) electrons. The predicted octanol–water partition coefficient (Wildman–Crippen LogP) is 2.93. The molecule has 1 aromatic heterocycles. The molecule has 4 nitrogen and oxygen atoms in total. The number of halogens is 1. The first-order chi connectivity index (χ1) is 9.97. The molecule has 114 valence electrons. The molecule has 0 aliphatic carbocycles. The van der Waals surface area contributed by atoms with Gasteiger partial charge in [-0.3, -0.25) is 0 Å². The molecule has 2 aromatic rings. The van der Waals surface area contributed by atoms with Crippen molar-refractivity contribution >= 4 is 33.0 Å². The maximum absolute atomic E-state index is 12.3. The SMILES string of the molecule is CCc1ccsc1CNS(=O)(=O)c1ccc(Cl)c(CO)c1. The Labute approximate surface area is 133 Å². The lowest BCUT2D eigenvalue weighted by Crippen LogP contribution is -2.23. The highest BCUT2D eigenvalue weighted by Crippen LogP contribution is 2.22. The van der Waals surface area contributed by atoms with Crippen molar-refractivity contribution in [2.75, 3.05) is 0 Å². The van der Waals surface area contributed by atoms with Crippen LogP contribution < -0.4 is 4.72 Å². The zero-order valence-corrected chi connectivity index (χ0v) is 13.9. The number of aliphatic hydroxyl groups excluding tert-OH is 1. The van der Waals surface area contributed by atoms with Crippen molar-refractivity contribution in [3.05, 3.63) is 50.7 Å². The Balaban J connectivity index is 2.19. The third-order valence-corrected chi connectivity index (χ3v) is 5.87. The Morgan fingerprint density at radius 1 is 1.29 bits per heavy atom. The first-order valence-electron chi connectivity index (χ1n) is 6.42. The number of rotatable bonds is 6. The third-order valence-electron chi connectivity index (χ3n) is 3.14. The highest BCUT2D eigenvalue weighted by molar-refractivity contribution is 7.89. The van der Waals surface area contributed by atoms with E-state index in [1.165, 1.54) is 29.5 Å². The van der Waals surface area contributed by atoms with Crippen LogP contribution in [-0.4, -0.2) is 13.5 Å². The van der Waals surface area contributed by atoms with Gasteiger partial charge in [0, 0.05) is 16.4 Å². The number of thiophene rings is 1. The molecule has 0 atom stereocenters. The minimum Gasteiger partial charge on any atom is -0.392 e. The van der Waals surface area contributed by atoms with Gasteiger partial charge in [0.1, 0.15) is 0 Å². The Bertz CT molecular complexity index is 726. The summed E-state index contributed by atoms with van der Waals surface area (Å²) < 4.78 is 27.1. The van der Waals surface area contributed by atoms with E-state index in [0.717, 1.165) is 16.9 Å². The van der Waals surface area contributed by atoms with Crippen LogP contribution >= 0.6 is 22.9 Å². The molecule has 1 heterocycles. The predicted molar refractivity (Wildman–Crippen MR) is 85.1 cm³/mol. The molecule has 2 N–H and O–H groups in total. The average Bonchev–Trinajstić information content (AvgIpc) is 2.93. The summed E-state index contributed by atoms with van der Waals surface area (Å²) in [4.78, 5) is 1.11. The van der Waals surface area contributed by atoms with Crippen LogP contribution in [0.4, 0.5) is 0 Å². The molecule has 0 aliphatic heterocycles. The quantitative estimate of drug-likeness (QED) is 0.846. The number of benzene rings is 1. The topological polar surface area (TPSA) is 66.4 Å². The van der Waals surface area contributed by atoms with E-state index in [0.29, 0.717) is 10.6 Å². The van der Waals surface area contributed by atoms with E-state index in [9.17, 15) is 8.42 Å². The zero-order chi connectivity index (χ0) is 15.5. The lowest BCUT2D eigenvalue weighted by atomic mass is 10.2. The monoisotopic (exact) mass is 345 g/mol. The van der Waals surface area contributed by atoms with Gasteiger partial charge in [-0.2, -0.15) is 0 Å².